The molecule has 0 aliphatic heterocycles. The Kier molecular flexibility index (Phi) is 3.98. The van der Waals surface area contributed by atoms with Crippen molar-refractivity contribution in [3.8, 4) is 0 Å². The number of nitrogens with one attached hydrogen (secondary N) is 1. The molecule has 3 heteroatoms. The molecule has 0 aromatic carbocycles. The van der Waals surface area contributed by atoms with Gasteiger partial charge in [-0.15, -0.1) is 11.3 Å². The molecular weight excluding hydrogens is 216 g/mol. The van der Waals surface area contributed by atoms with Crippen LogP contribution in [0.15, 0.2) is 5.38 Å². The number of aryl methyl sites for hydroxylation is 1. The second-order valence-corrected chi connectivity index (χ2v) is 5.87. The molecule has 1 aliphatic carbocycles. The number of hydrogen-bond acceptors (Lipinski definition) is 3. The van der Waals surface area contributed by atoms with Gasteiger partial charge in [0.25, 0.3) is 0 Å². The fraction of sp³-hybridized carbons (Fsp3) is 0.769. The second kappa shape index (κ2) is 5.28. The van der Waals surface area contributed by atoms with E-state index < -0.39 is 0 Å². The molecule has 16 heavy (non-hydrogen) atoms. The molecule has 1 fully saturated rings. The van der Waals surface area contributed by atoms with E-state index in [-0.39, 0.29) is 0 Å². The lowest BCUT2D eigenvalue weighted by Crippen LogP contribution is -2.33. The molecule has 1 aromatic rings. The van der Waals surface area contributed by atoms with Gasteiger partial charge >= 0.3 is 0 Å². The highest BCUT2D eigenvalue weighted by molar-refractivity contribution is 7.09. The zero-order valence-electron chi connectivity index (χ0n) is 10.5. The molecule has 1 N–H and O–H groups in total. The summed E-state index contributed by atoms with van der Waals surface area (Å²) in [4.78, 5) is 4.65. The van der Waals surface area contributed by atoms with Crippen LogP contribution in [0.1, 0.15) is 56.8 Å². The van der Waals surface area contributed by atoms with Crippen molar-refractivity contribution in [2.24, 2.45) is 5.92 Å². The summed E-state index contributed by atoms with van der Waals surface area (Å²) in [5.74, 6) is 0.826. The SMILES string of the molecule is CCc1nc(C(C)NC2CCCC2C)cs1. The first-order chi connectivity index (χ1) is 7.70. The second-order valence-electron chi connectivity index (χ2n) is 4.92. The van der Waals surface area contributed by atoms with E-state index in [0.29, 0.717) is 12.1 Å². The largest absolute Gasteiger partial charge is 0.306 e. The van der Waals surface area contributed by atoms with Gasteiger partial charge in [-0.05, 0) is 32.1 Å². The quantitative estimate of drug-likeness (QED) is 0.868. The van der Waals surface area contributed by atoms with Crippen LogP contribution in [0.4, 0.5) is 0 Å². The Hall–Kier alpha value is -0.410. The smallest absolute Gasteiger partial charge is 0.0926 e. The summed E-state index contributed by atoms with van der Waals surface area (Å²) < 4.78 is 0. The zero-order chi connectivity index (χ0) is 11.5. The van der Waals surface area contributed by atoms with Crippen LogP contribution in [0, 0.1) is 5.92 Å². The summed E-state index contributed by atoms with van der Waals surface area (Å²) in [5.41, 5.74) is 1.22. The first kappa shape index (κ1) is 12.1. The predicted molar refractivity (Wildman–Crippen MR) is 69.8 cm³/mol. The average Bonchev–Trinajstić information content (AvgIpc) is 2.88. The van der Waals surface area contributed by atoms with Gasteiger partial charge in [-0.3, -0.25) is 0 Å². The van der Waals surface area contributed by atoms with Crippen molar-refractivity contribution in [2.75, 3.05) is 0 Å². The van der Waals surface area contributed by atoms with Crippen LogP contribution in [0.2, 0.25) is 0 Å². The molecule has 1 saturated carbocycles. The summed E-state index contributed by atoms with van der Waals surface area (Å²) >= 11 is 1.79. The van der Waals surface area contributed by atoms with Crippen LogP contribution in [0.25, 0.3) is 0 Å². The topological polar surface area (TPSA) is 24.9 Å². The Labute approximate surface area is 102 Å². The van der Waals surface area contributed by atoms with Crippen LogP contribution >= 0.6 is 11.3 Å². The average molecular weight is 238 g/mol. The van der Waals surface area contributed by atoms with Crippen molar-refractivity contribution in [1.29, 1.82) is 0 Å². The molecule has 2 rings (SSSR count). The molecule has 3 atom stereocenters. The van der Waals surface area contributed by atoms with E-state index >= 15 is 0 Å². The maximum atomic E-state index is 4.65. The lowest BCUT2D eigenvalue weighted by molar-refractivity contribution is 0.385. The van der Waals surface area contributed by atoms with E-state index in [2.05, 4.69) is 36.5 Å². The van der Waals surface area contributed by atoms with Crippen LogP contribution in [-0.4, -0.2) is 11.0 Å². The van der Waals surface area contributed by atoms with Gasteiger partial charge in [0.2, 0.25) is 0 Å². The molecule has 1 aromatic heterocycles. The fourth-order valence-corrected chi connectivity index (χ4v) is 3.32. The number of nitrogens with zero attached hydrogens (tertiary/aromatic N) is 1. The molecule has 0 spiro atoms. The third-order valence-corrected chi connectivity index (χ3v) is 4.65. The first-order valence-electron chi connectivity index (χ1n) is 6.41. The van der Waals surface area contributed by atoms with Crippen LogP contribution < -0.4 is 5.32 Å². The minimum Gasteiger partial charge on any atom is -0.306 e. The van der Waals surface area contributed by atoms with E-state index in [1.54, 1.807) is 11.3 Å². The van der Waals surface area contributed by atoms with E-state index in [0.717, 1.165) is 12.3 Å². The number of aromatic nitrogens is 1. The third kappa shape index (κ3) is 2.64. The normalized spacial score (nSPS) is 27.2. The van der Waals surface area contributed by atoms with Crippen molar-refractivity contribution in [3.63, 3.8) is 0 Å². The molecule has 1 heterocycles. The Morgan fingerprint density at radius 1 is 1.56 bits per heavy atom. The Bertz CT molecular complexity index is 334. The Morgan fingerprint density at radius 2 is 2.38 bits per heavy atom. The molecule has 1 aliphatic rings. The van der Waals surface area contributed by atoms with Crippen molar-refractivity contribution in [1.82, 2.24) is 10.3 Å². The minimum atomic E-state index is 0.405. The van der Waals surface area contributed by atoms with E-state index in [1.807, 2.05) is 0 Å². The van der Waals surface area contributed by atoms with E-state index in [4.69, 9.17) is 0 Å². The molecule has 0 radical (unpaired) electrons. The highest BCUT2D eigenvalue weighted by atomic mass is 32.1. The van der Waals surface area contributed by atoms with Gasteiger partial charge in [-0.2, -0.15) is 0 Å². The molecular formula is C13H22N2S. The van der Waals surface area contributed by atoms with Crippen LogP contribution in [0.3, 0.4) is 0 Å². The fourth-order valence-electron chi connectivity index (χ4n) is 2.49. The summed E-state index contributed by atoms with van der Waals surface area (Å²) in [6.45, 7) is 6.76. The highest BCUT2D eigenvalue weighted by Crippen LogP contribution is 2.27. The van der Waals surface area contributed by atoms with Crippen LogP contribution in [-0.2, 0) is 6.42 Å². The summed E-state index contributed by atoms with van der Waals surface area (Å²) in [5, 5.41) is 7.18. The summed E-state index contributed by atoms with van der Waals surface area (Å²) in [6.07, 6.45) is 5.14. The highest BCUT2D eigenvalue weighted by Gasteiger charge is 2.25. The first-order valence-corrected chi connectivity index (χ1v) is 7.29. The lowest BCUT2D eigenvalue weighted by Gasteiger charge is -2.21. The van der Waals surface area contributed by atoms with Gasteiger partial charge in [-0.25, -0.2) is 4.98 Å². The third-order valence-electron chi connectivity index (χ3n) is 3.64. The summed E-state index contributed by atoms with van der Waals surface area (Å²) in [7, 11) is 0. The Morgan fingerprint density at radius 3 is 2.94 bits per heavy atom. The van der Waals surface area contributed by atoms with Gasteiger partial charge in [0.05, 0.1) is 10.7 Å². The van der Waals surface area contributed by atoms with Gasteiger partial charge in [0.1, 0.15) is 0 Å². The van der Waals surface area contributed by atoms with Crippen molar-refractivity contribution in [2.45, 2.75) is 58.5 Å². The molecule has 3 unspecified atom stereocenters. The van der Waals surface area contributed by atoms with Crippen molar-refractivity contribution >= 4 is 11.3 Å². The van der Waals surface area contributed by atoms with Gasteiger partial charge in [-0.1, -0.05) is 20.3 Å². The minimum absolute atomic E-state index is 0.405. The van der Waals surface area contributed by atoms with Gasteiger partial charge in [0, 0.05) is 17.5 Å². The van der Waals surface area contributed by atoms with E-state index in [1.165, 1.54) is 30.0 Å². The zero-order valence-corrected chi connectivity index (χ0v) is 11.3. The van der Waals surface area contributed by atoms with E-state index in [9.17, 15) is 0 Å². The molecule has 0 saturated heterocycles. The predicted octanol–water partition coefficient (Wildman–Crippen LogP) is 3.54. The van der Waals surface area contributed by atoms with Crippen molar-refractivity contribution < 1.29 is 0 Å². The molecule has 90 valence electrons. The maximum absolute atomic E-state index is 4.65. The number of rotatable bonds is 4. The van der Waals surface area contributed by atoms with Crippen LogP contribution in [0.5, 0.6) is 0 Å². The molecule has 0 bridgehead atoms. The maximum Gasteiger partial charge on any atom is 0.0926 e. The van der Waals surface area contributed by atoms with Gasteiger partial charge in [0.15, 0.2) is 0 Å². The Balaban J connectivity index is 1.94. The van der Waals surface area contributed by atoms with Gasteiger partial charge < -0.3 is 5.32 Å². The number of hydrogen-bond donors (Lipinski definition) is 1. The van der Waals surface area contributed by atoms with Crippen molar-refractivity contribution in [3.05, 3.63) is 16.1 Å². The summed E-state index contributed by atoms with van der Waals surface area (Å²) in [6, 6.07) is 1.10. The molecule has 0 amide bonds. The standard InChI is InChI=1S/C13H22N2S/c1-4-13-15-12(8-16-13)10(3)14-11-7-5-6-9(11)2/h8-11,14H,4-7H2,1-3H3. The molecule has 2 nitrogen and oxygen atoms in total. The number of thiazole rings is 1. The lowest BCUT2D eigenvalue weighted by atomic mass is 10.1. The monoisotopic (exact) mass is 238 g/mol.